The third-order valence-electron chi connectivity index (χ3n) is 8.31. The van der Waals surface area contributed by atoms with Gasteiger partial charge in [-0.3, -0.25) is 9.20 Å². The monoisotopic (exact) mass is 633 g/mol. The van der Waals surface area contributed by atoms with Crippen molar-refractivity contribution in [1.29, 1.82) is 5.26 Å². The molecule has 1 saturated carbocycles. The van der Waals surface area contributed by atoms with Crippen LogP contribution in [0.4, 0.5) is 5.69 Å². The van der Waals surface area contributed by atoms with E-state index in [0.717, 1.165) is 15.4 Å². The van der Waals surface area contributed by atoms with E-state index in [-0.39, 0.29) is 23.3 Å². The average molecular weight is 634 g/mol. The van der Waals surface area contributed by atoms with Gasteiger partial charge in [0.1, 0.15) is 26.9 Å². The standard InChI is InChI=1S/C31H35N7O4S2/c1-21(2)30(39)36-13-11-35(12-14-36)26-15-25(19-37-27(17-33-28(26)37)29-34-16-22(3)43-29)44(40,41)38(31(20-32)9-10-31)18-23-5-7-24(42-4)8-6-23/h5-8,15-17,19,21H,9-14,18H2,1-4H3. The zero-order chi connectivity index (χ0) is 31.2. The normalized spacial score (nSPS) is 16.5. The summed E-state index contributed by atoms with van der Waals surface area (Å²) in [6, 6.07) is 11.2. The molecular formula is C31H35N7O4S2. The van der Waals surface area contributed by atoms with Crippen LogP contribution in [-0.2, 0) is 21.4 Å². The molecule has 2 aliphatic rings. The summed E-state index contributed by atoms with van der Waals surface area (Å²) in [5.41, 5.74) is 1.60. The van der Waals surface area contributed by atoms with Crippen molar-refractivity contribution in [2.45, 2.75) is 50.6 Å². The van der Waals surface area contributed by atoms with Crippen LogP contribution in [0.2, 0.25) is 0 Å². The Balaban J connectivity index is 1.45. The van der Waals surface area contributed by atoms with Gasteiger partial charge in [-0.15, -0.1) is 11.3 Å². The van der Waals surface area contributed by atoms with Gasteiger partial charge in [0.05, 0.1) is 25.1 Å². The number of nitriles is 1. The van der Waals surface area contributed by atoms with Crippen LogP contribution in [-0.4, -0.2) is 76.7 Å². The number of imidazole rings is 1. The van der Waals surface area contributed by atoms with Gasteiger partial charge in [0.25, 0.3) is 0 Å². The predicted molar refractivity (Wildman–Crippen MR) is 168 cm³/mol. The number of anilines is 1. The van der Waals surface area contributed by atoms with Crippen LogP contribution in [0.3, 0.4) is 0 Å². The Bertz CT molecular complexity index is 1850. The van der Waals surface area contributed by atoms with Crippen LogP contribution in [0.25, 0.3) is 16.3 Å². The number of hydrogen-bond acceptors (Lipinski definition) is 9. The predicted octanol–water partition coefficient (Wildman–Crippen LogP) is 4.33. The van der Waals surface area contributed by atoms with Crippen LogP contribution in [0.5, 0.6) is 5.75 Å². The molecule has 1 aliphatic heterocycles. The van der Waals surface area contributed by atoms with E-state index in [9.17, 15) is 18.5 Å². The Kier molecular flexibility index (Phi) is 7.85. The highest BCUT2D eigenvalue weighted by atomic mass is 32.2. The minimum atomic E-state index is -4.16. The highest BCUT2D eigenvalue weighted by Gasteiger charge is 2.54. The van der Waals surface area contributed by atoms with Gasteiger partial charge in [0.15, 0.2) is 5.65 Å². The van der Waals surface area contributed by atoms with Crippen molar-refractivity contribution in [3.63, 3.8) is 0 Å². The highest BCUT2D eigenvalue weighted by molar-refractivity contribution is 7.89. The van der Waals surface area contributed by atoms with Gasteiger partial charge in [0, 0.05) is 55.9 Å². The average Bonchev–Trinajstić information content (AvgIpc) is 3.51. The second kappa shape index (κ2) is 11.5. The smallest absolute Gasteiger partial charge is 0.246 e. The molecule has 0 spiro atoms. The molecule has 44 heavy (non-hydrogen) atoms. The fourth-order valence-corrected chi connectivity index (χ4v) is 8.14. The molecule has 6 rings (SSSR count). The van der Waals surface area contributed by atoms with Gasteiger partial charge in [0.2, 0.25) is 15.9 Å². The molecule has 4 aromatic rings. The first-order chi connectivity index (χ1) is 21.1. The summed E-state index contributed by atoms with van der Waals surface area (Å²) in [5, 5.41) is 10.9. The lowest BCUT2D eigenvalue weighted by atomic mass is 10.1. The molecule has 1 aromatic carbocycles. The molecular weight excluding hydrogens is 599 g/mol. The summed E-state index contributed by atoms with van der Waals surface area (Å²) < 4.78 is 37.6. The molecule has 13 heteroatoms. The second-order valence-electron chi connectivity index (χ2n) is 11.6. The van der Waals surface area contributed by atoms with Crippen molar-refractivity contribution in [3.05, 3.63) is 59.4 Å². The molecule has 0 bridgehead atoms. The summed E-state index contributed by atoms with van der Waals surface area (Å²) in [4.78, 5) is 27.0. The lowest BCUT2D eigenvalue weighted by molar-refractivity contribution is -0.134. The first-order valence-electron chi connectivity index (χ1n) is 14.6. The molecule has 1 amide bonds. The van der Waals surface area contributed by atoms with Gasteiger partial charge in [-0.2, -0.15) is 9.57 Å². The summed E-state index contributed by atoms with van der Waals surface area (Å²) in [6.45, 7) is 7.93. The van der Waals surface area contributed by atoms with Gasteiger partial charge < -0.3 is 14.5 Å². The molecule has 230 valence electrons. The van der Waals surface area contributed by atoms with E-state index in [0.29, 0.717) is 61.8 Å². The minimum absolute atomic E-state index is 0.0473. The molecule has 1 aliphatic carbocycles. The summed E-state index contributed by atoms with van der Waals surface area (Å²) in [5.74, 6) is 0.679. The van der Waals surface area contributed by atoms with Gasteiger partial charge in [-0.05, 0) is 43.5 Å². The number of benzene rings is 1. The van der Waals surface area contributed by atoms with Crippen LogP contribution in [0, 0.1) is 24.2 Å². The Morgan fingerprint density at radius 1 is 1.14 bits per heavy atom. The number of carbonyl (C=O) groups excluding carboxylic acids is 1. The number of carbonyl (C=O) groups is 1. The van der Waals surface area contributed by atoms with Crippen molar-refractivity contribution < 1.29 is 17.9 Å². The Hall–Kier alpha value is -3.99. The zero-order valence-electron chi connectivity index (χ0n) is 25.2. The lowest BCUT2D eigenvalue weighted by Crippen LogP contribution is -2.50. The number of pyridine rings is 1. The highest BCUT2D eigenvalue weighted by Crippen LogP contribution is 2.45. The Labute approximate surface area is 261 Å². The number of nitrogens with zero attached hydrogens (tertiary/aromatic N) is 7. The van der Waals surface area contributed by atoms with E-state index >= 15 is 0 Å². The Morgan fingerprint density at radius 2 is 1.84 bits per heavy atom. The van der Waals surface area contributed by atoms with Gasteiger partial charge in [-0.1, -0.05) is 26.0 Å². The number of hydrogen-bond donors (Lipinski definition) is 0. The van der Waals surface area contributed by atoms with Crippen LogP contribution in [0.15, 0.2) is 53.8 Å². The summed E-state index contributed by atoms with van der Waals surface area (Å²) in [6.07, 6.45) is 6.04. The molecule has 3 aromatic heterocycles. The fourth-order valence-electron chi connectivity index (χ4n) is 5.61. The molecule has 0 atom stereocenters. The number of aromatic nitrogens is 3. The second-order valence-corrected chi connectivity index (χ2v) is 14.7. The lowest BCUT2D eigenvalue weighted by Gasteiger charge is -2.37. The first-order valence-corrected chi connectivity index (χ1v) is 16.9. The van der Waals surface area contributed by atoms with Crippen molar-refractivity contribution in [1.82, 2.24) is 23.6 Å². The zero-order valence-corrected chi connectivity index (χ0v) is 26.9. The quantitative estimate of drug-likeness (QED) is 0.267. The topological polar surface area (TPSA) is 124 Å². The number of methoxy groups -OCH3 is 1. The largest absolute Gasteiger partial charge is 0.497 e. The molecule has 1 saturated heterocycles. The molecule has 0 N–H and O–H groups in total. The van der Waals surface area contributed by atoms with E-state index < -0.39 is 15.6 Å². The molecule has 0 radical (unpaired) electrons. The van der Waals surface area contributed by atoms with Crippen molar-refractivity contribution in [2.75, 3.05) is 38.2 Å². The Morgan fingerprint density at radius 3 is 2.41 bits per heavy atom. The minimum Gasteiger partial charge on any atom is -0.497 e. The first kappa shape index (κ1) is 30.1. The third-order valence-corrected chi connectivity index (χ3v) is 11.1. The number of fused-ring (bicyclic) bond motifs is 1. The molecule has 4 heterocycles. The maximum Gasteiger partial charge on any atom is 0.246 e. The fraction of sp³-hybridized carbons (Fsp3) is 0.419. The summed E-state index contributed by atoms with van der Waals surface area (Å²) >= 11 is 1.51. The SMILES string of the molecule is COc1ccc(CN(C2(C#N)CC2)S(=O)(=O)c2cc(N3CCN(C(=O)C(C)C)CC3)c3ncc(-c4ncc(C)s4)n3c2)cc1. The van der Waals surface area contributed by atoms with Crippen molar-refractivity contribution >= 4 is 38.6 Å². The van der Waals surface area contributed by atoms with E-state index in [4.69, 9.17) is 9.72 Å². The number of thiazole rings is 1. The maximum absolute atomic E-state index is 14.6. The number of sulfonamides is 1. The molecule has 0 unspecified atom stereocenters. The molecule has 11 nitrogen and oxygen atoms in total. The van der Waals surface area contributed by atoms with Crippen molar-refractivity contribution in [2.24, 2.45) is 5.92 Å². The van der Waals surface area contributed by atoms with Crippen LogP contribution in [0.1, 0.15) is 37.1 Å². The van der Waals surface area contributed by atoms with Crippen LogP contribution >= 0.6 is 11.3 Å². The number of piperazine rings is 1. The third kappa shape index (κ3) is 5.42. The van der Waals surface area contributed by atoms with Crippen LogP contribution < -0.4 is 9.64 Å². The van der Waals surface area contributed by atoms with E-state index in [1.807, 2.05) is 37.8 Å². The number of ether oxygens (including phenoxy) is 1. The van der Waals surface area contributed by atoms with Crippen molar-refractivity contribution in [3.8, 4) is 22.5 Å². The van der Waals surface area contributed by atoms with E-state index in [2.05, 4.69) is 16.0 Å². The van der Waals surface area contributed by atoms with E-state index in [1.165, 1.54) is 15.6 Å². The van der Waals surface area contributed by atoms with Gasteiger partial charge in [-0.25, -0.2) is 18.4 Å². The maximum atomic E-state index is 14.6. The number of amides is 1. The molecule has 2 fully saturated rings. The summed E-state index contributed by atoms with van der Waals surface area (Å²) in [7, 11) is -2.58. The number of rotatable bonds is 9. The number of aryl methyl sites for hydroxylation is 1. The van der Waals surface area contributed by atoms with Gasteiger partial charge >= 0.3 is 0 Å². The van der Waals surface area contributed by atoms with E-state index in [1.54, 1.807) is 48.3 Å².